The largest absolute Gasteiger partial charge is 0.491 e. The van der Waals surface area contributed by atoms with Gasteiger partial charge in [-0.2, -0.15) is 0 Å². The zero-order valence-corrected chi connectivity index (χ0v) is 20.6. The molecule has 0 saturated carbocycles. The summed E-state index contributed by atoms with van der Waals surface area (Å²) in [6, 6.07) is 13.3. The van der Waals surface area contributed by atoms with E-state index >= 15 is 0 Å². The third-order valence-corrected chi connectivity index (χ3v) is 8.40. The number of H-pyrrole nitrogens is 1. The van der Waals surface area contributed by atoms with Crippen molar-refractivity contribution in [2.75, 3.05) is 32.0 Å². The number of fused-ring (bicyclic) bond motifs is 3. The smallest absolute Gasteiger partial charge is 0.178 e. The van der Waals surface area contributed by atoms with Crippen molar-refractivity contribution in [1.29, 1.82) is 0 Å². The predicted molar refractivity (Wildman–Crippen MR) is 137 cm³/mol. The fourth-order valence-electron chi connectivity index (χ4n) is 4.83. The summed E-state index contributed by atoms with van der Waals surface area (Å²) >= 11 is 0. The van der Waals surface area contributed by atoms with Crippen molar-refractivity contribution < 1.29 is 13.2 Å². The number of sulfone groups is 1. The Morgan fingerprint density at radius 2 is 1.94 bits per heavy atom. The van der Waals surface area contributed by atoms with Crippen LogP contribution in [-0.4, -0.2) is 55.3 Å². The molecule has 34 heavy (non-hydrogen) atoms. The average molecular weight is 478 g/mol. The molecule has 3 heterocycles. The van der Waals surface area contributed by atoms with Crippen molar-refractivity contribution in [3.05, 3.63) is 54.2 Å². The summed E-state index contributed by atoms with van der Waals surface area (Å²) in [5, 5.41) is 2.02. The molecule has 0 bridgehead atoms. The number of ether oxygens (including phenoxy) is 1. The minimum Gasteiger partial charge on any atom is -0.491 e. The molecule has 0 atom stereocenters. The Morgan fingerprint density at radius 1 is 1.12 bits per heavy atom. The van der Waals surface area contributed by atoms with Crippen LogP contribution >= 0.6 is 0 Å². The maximum absolute atomic E-state index is 12.5. The first kappa shape index (κ1) is 22.9. The number of aromatic amines is 1. The molecular formula is C27H31N3O3S. The molecule has 0 aliphatic carbocycles. The number of hydrogen-bond donors (Lipinski definition) is 1. The summed E-state index contributed by atoms with van der Waals surface area (Å²) < 4.78 is 31.3. The maximum atomic E-state index is 12.5. The first-order valence-electron chi connectivity index (χ1n) is 12.1. The van der Waals surface area contributed by atoms with Gasteiger partial charge in [0.1, 0.15) is 11.4 Å². The molecule has 1 saturated heterocycles. The van der Waals surface area contributed by atoms with Gasteiger partial charge in [0.15, 0.2) is 9.84 Å². The van der Waals surface area contributed by atoms with Crippen LogP contribution in [-0.2, 0) is 9.84 Å². The molecular weight excluding hydrogens is 446 g/mol. The van der Waals surface area contributed by atoms with E-state index in [1.807, 2.05) is 37.4 Å². The summed E-state index contributed by atoms with van der Waals surface area (Å²) in [5.41, 5.74) is 4.59. The summed E-state index contributed by atoms with van der Waals surface area (Å²) in [4.78, 5) is 10.9. The number of hydrogen-bond acceptors (Lipinski definition) is 5. The van der Waals surface area contributed by atoms with E-state index < -0.39 is 9.84 Å². The van der Waals surface area contributed by atoms with Gasteiger partial charge in [-0.3, -0.25) is 0 Å². The van der Waals surface area contributed by atoms with Crippen molar-refractivity contribution >= 4 is 31.8 Å². The van der Waals surface area contributed by atoms with E-state index in [4.69, 9.17) is 4.74 Å². The number of pyridine rings is 1. The monoisotopic (exact) mass is 477 g/mol. The highest BCUT2D eigenvalue weighted by molar-refractivity contribution is 7.91. The number of nitrogens with zero attached hydrogens (tertiary/aromatic N) is 2. The number of benzene rings is 2. The van der Waals surface area contributed by atoms with Gasteiger partial charge in [-0.05, 0) is 86.3 Å². The third kappa shape index (κ3) is 4.42. The number of aryl methyl sites for hydroxylation is 1. The molecule has 1 aliphatic heterocycles. The summed E-state index contributed by atoms with van der Waals surface area (Å²) in [7, 11) is -3.30. The lowest BCUT2D eigenvalue weighted by Crippen LogP contribution is -2.21. The third-order valence-electron chi connectivity index (χ3n) is 6.66. The lowest BCUT2D eigenvalue weighted by atomic mass is 9.99. The van der Waals surface area contributed by atoms with E-state index in [9.17, 15) is 8.42 Å². The standard InChI is InChI=1S/C27H31N3O3S/c1-3-34(31,32)21-9-6-8-20(17-21)22-10-11-24(33-15-7-14-30-12-4-5-13-30)26-25(22)23-16-19(2)18-28-27(23)29-26/h6,8-11,16-18H,3-5,7,12-15H2,1-2H3,(H,28,29). The Kier molecular flexibility index (Phi) is 6.32. The lowest BCUT2D eigenvalue weighted by molar-refractivity contribution is 0.265. The fourth-order valence-corrected chi connectivity index (χ4v) is 5.75. The minimum absolute atomic E-state index is 0.0757. The van der Waals surface area contributed by atoms with Crippen LogP contribution in [0.4, 0.5) is 0 Å². The van der Waals surface area contributed by atoms with Gasteiger partial charge < -0.3 is 14.6 Å². The van der Waals surface area contributed by atoms with Gasteiger partial charge >= 0.3 is 0 Å². The maximum Gasteiger partial charge on any atom is 0.178 e. The van der Waals surface area contributed by atoms with Crippen LogP contribution in [0.3, 0.4) is 0 Å². The van der Waals surface area contributed by atoms with E-state index in [1.165, 1.54) is 25.9 Å². The van der Waals surface area contributed by atoms with Crippen LogP contribution in [0.1, 0.15) is 31.7 Å². The average Bonchev–Trinajstić information content (AvgIpc) is 3.50. The van der Waals surface area contributed by atoms with Crippen LogP contribution in [0.5, 0.6) is 5.75 Å². The first-order valence-corrected chi connectivity index (χ1v) is 13.7. The highest BCUT2D eigenvalue weighted by Gasteiger charge is 2.18. The number of likely N-dealkylation sites (tertiary alicyclic amines) is 1. The Hall–Kier alpha value is -2.90. The molecule has 7 heteroatoms. The Bertz CT molecular complexity index is 1440. The number of rotatable bonds is 8. The van der Waals surface area contributed by atoms with E-state index in [2.05, 4.69) is 20.9 Å². The predicted octanol–water partition coefficient (Wildman–Crippen LogP) is 5.35. The highest BCUT2D eigenvalue weighted by atomic mass is 32.2. The normalized spacial score (nSPS) is 14.9. The first-order chi connectivity index (χ1) is 16.5. The molecule has 1 aliphatic rings. The second kappa shape index (κ2) is 9.39. The molecule has 1 fully saturated rings. The molecule has 5 rings (SSSR count). The highest BCUT2D eigenvalue weighted by Crippen LogP contribution is 2.39. The zero-order chi connectivity index (χ0) is 23.7. The van der Waals surface area contributed by atoms with Gasteiger partial charge in [0.2, 0.25) is 0 Å². The molecule has 0 spiro atoms. The number of nitrogens with one attached hydrogen (secondary N) is 1. The summed E-state index contributed by atoms with van der Waals surface area (Å²) in [5.74, 6) is 0.875. The zero-order valence-electron chi connectivity index (χ0n) is 19.8. The molecule has 6 nitrogen and oxygen atoms in total. The van der Waals surface area contributed by atoms with Crippen molar-refractivity contribution in [3.63, 3.8) is 0 Å². The molecule has 1 N–H and O–H groups in total. The molecule has 0 unspecified atom stereocenters. The fraction of sp³-hybridized carbons (Fsp3) is 0.370. The van der Waals surface area contributed by atoms with E-state index in [1.54, 1.807) is 19.1 Å². The topological polar surface area (TPSA) is 75.3 Å². The van der Waals surface area contributed by atoms with E-state index in [0.717, 1.165) is 57.3 Å². The van der Waals surface area contributed by atoms with Gasteiger partial charge in [0.05, 0.1) is 22.8 Å². The van der Waals surface area contributed by atoms with Gasteiger partial charge in [-0.15, -0.1) is 0 Å². The molecule has 4 aromatic rings. The van der Waals surface area contributed by atoms with Crippen molar-refractivity contribution in [2.45, 2.75) is 38.0 Å². The van der Waals surface area contributed by atoms with Crippen molar-refractivity contribution in [1.82, 2.24) is 14.9 Å². The quantitative estimate of drug-likeness (QED) is 0.346. The number of aromatic nitrogens is 2. The van der Waals surface area contributed by atoms with Crippen LogP contribution < -0.4 is 4.74 Å². The second-order valence-corrected chi connectivity index (χ2v) is 11.4. The summed E-state index contributed by atoms with van der Waals surface area (Å²) in [6.07, 6.45) is 5.43. The molecule has 2 aromatic heterocycles. The minimum atomic E-state index is -3.30. The Labute approximate surface area is 200 Å². The van der Waals surface area contributed by atoms with Crippen LogP contribution in [0.25, 0.3) is 33.1 Å². The SMILES string of the molecule is CCS(=O)(=O)c1cccc(-c2ccc(OCCCN3CCCC3)c3[nH]c4ncc(C)cc4c23)c1. The van der Waals surface area contributed by atoms with Crippen LogP contribution in [0.2, 0.25) is 0 Å². The molecule has 2 aromatic carbocycles. The van der Waals surface area contributed by atoms with Crippen LogP contribution in [0, 0.1) is 6.92 Å². The lowest BCUT2D eigenvalue weighted by Gasteiger charge is -2.15. The van der Waals surface area contributed by atoms with Gasteiger partial charge in [0.25, 0.3) is 0 Å². The molecule has 0 radical (unpaired) electrons. The van der Waals surface area contributed by atoms with Crippen molar-refractivity contribution in [2.24, 2.45) is 0 Å². The Morgan fingerprint density at radius 3 is 2.74 bits per heavy atom. The van der Waals surface area contributed by atoms with Crippen LogP contribution in [0.15, 0.2) is 53.6 Å². The Balaban J connectivity index is 1.55. The van der Waals surface area contributed by atoms with Gasteiger partial charge in [-0.25, -0.2) is 13.4 Å². The van der Waals surface area contributed by atoms with Gasteiger partial charge in [0, 0.05) is 23.5 Å². The summed E-state index contributed by atoms with van der Waals surface area (Å²) in [6.45, 7) is 7.80. The molecule has 178 valence electrons. The second-order valence-electron chi connectivity index (χ2n) is 9.08. The van der Waals surface area contributed by atoms with E-state index in [0.29, 0.717) is 11.5 Å². The molecule has 0 amide bonds. The van der Waals surface area contributed by atoms with E-state index in [-0.39, 0.29) is 5.75 Å². The van der Waals surface area contributed by atoms with Crippen molar-refractivity contribution in [3.8, 4) is 16.9 Å². The van der Waals surface area contributed by atoms with Gasteiger partial charge in [-0.1, -0.05) is 19.1 Å².